The normalized spacial score (nSPS) is 12.2. The largest absolute Gasteiger partial charge is 0.507 e. The van der Waals surface area contributed by atoms with Gasteiger partial charge in [0.15, 0.2) is 0 Å². The summed E-state index contributed by atoms with van der Waals surface area (Å²) in [7, 11) is 0. The van der Waals surface area contributed by atoms with E-state index in [1.807, 2.05) is 26.0 Å². The Morgan fingerprint density at radius 2 is 1.63 bits per heavy atom. The molecule has 0 fully saturated rings. The molecule has 19 heavy (non-hydrogen) atoms. The molecule has 0 bridgehead atoms. The van der Waals surface area contributed by atoms with E-state index >= 15 is 0 Å². The van der Waals surface area contributed by atoms with E-state index in [0.29, 0.717) is 5.75 Å². The number of hydrogen-bond donors (Lipinski definition) is 2. The van der Waals surface area contributed by atoms with Gasteiger partial charge < -0.3 is 10.4 Å². The van der Waals surface area contributed by atoms with Crippen LogP contribution in [0, 0.1) is 20.8 Å². The van der Waals surface area contributed by atoms with Gasteiger partial charge in [-0.1, -0.05) is 30.3 Å². The predicted octanol–water partition coefficient (Wildman–Crippen LogP) is 4.49. The highest BCUT2D eigenvalue weighted by atomic mass is 16.3. The Labute approximate surface area is 115 Å². The van der Waals surface area contributed by atoms with Crippen LogP contribution in [0.25, 0.3) is 0 Å². The van der Waals surface area contributed by atoms with Gasteiger partial charge in [-0.15, -0.1) is 0 Å². The quantitative estimate of drug-likeness (QED) is 0.847. The third-order valence-corrected chi connectivity index (χ3v) is 3.66. The summed E-state index contributed by atoms with van der Waals surface area (Å²) in [4.78, 5) is 0. The first-order valence-corrected chi connectivity index (χ1v) is 6.62. The minimum atomic E-state index is 0.210. The number of benzene rings is 2. The average Bonchev–Trinajstić information content (AvgIpc) is 2.40. The Hall–Kier alpha value is -1.96. The molecule has 2 aromatic rings. The number of hydrogen-bond acceptors (Lipinski definition) is 2. The summed E-state index contributed by atoms with van der Waals surface area (Å²) >= 11 is 0. The smallest absolute Gasteiger partial charge is 0.123 e. The Kier molecular flexibility index (Phi) is 3.79. The fourth-order valence-corrected chi connectivity index (χ4v) is 2.38. The number of anilines is 1. The zero-order valence-corrected chi connectivity index (χ0v) is 12.0. The van der Waals surface area contributed by atoms with Crippen LogP contribution >= 0.6 is 0 Å². The molecule has 2 rings (SSSR count). The summed E-state index contributed by atoms with van der Waals surface area (Å²) in [5, 5.41) is 13.5. The monoisotopic (exact) mass is 255 g/mol. The molecule has 0 aliphatic carbocycles. The fraction of sp³-hybridized carbons (Fsp3) is 0.294. The van der Waals surface area contributed by atoms with Crippen molar-refractivity contribution in [3.8, 4) is 5.75 Å². The first-order valence-electron chi connectivity index (χ1n) is 6.62. The second-order valence-corrected chi connectivity index (χ2v) is 5.13. The van der Waals surface area contributed by atoms with Gasteiger partial charge in [-0.05, 0) is 50.5 Å². The molecular formula is C17H21NO. The Morgan fingerprint density at radius 3 is 2.32 bits per heavy atom. The molecule has 1 atom stereocenters. The molecule has 0 aromatic heterocycles. The van der Waals surface area contributed by atoms with Crippen LogP contribution in [0.5, 0.6) is 5.75 Å². The van der Waals surface area contributed by atoms with Gasteiger partial charge in [0.05, 0.1) is 0 Å². The molecule has 2 aromatic carbocycles. The highest BCUT2D eigenvalue weighted by Gasteiger charge is 2.11. The molecule has 0 heterocycles. The van der Waals surface area contributed by atoms with Crippen LogP contribution in [0.2, 0.25) is 0 Å². The molecule has 0 spiro atoms. The summed E-state index contributed by atoms with van der Waals surface area (Å²) in [6.45, 7) is 8.11. The van der Waals surface area contributed by atoms with Crippen molar-refractivity contribution in [1.82, 2.24) is 0 Å². The van der Waals surface area contributed by atoms with E-state index in [1.165, 1.54) is 11.1 Å². The van der Waals surface area contributed by atoms with Gasteiger partial charge in [-0.2, -0.15) is 0 Å². The van der Waals surface area contributed by atoms with Crippen LogP contribution in [0.15, 0.2) is 36.4 Å². The van der Waals surface area contributed by atoms with Gasteiger partial charge >= 0.3 is 0 Å². The SMILES string of the molecule is Cc1ccccc1C(C)Nc1ccc(C)c(O)c1C. The summed E-state index contributed by atoms with van der Waals surface area (Å²) < 4.78 is 0. The standard InChI is InChI=1S/C17H21NO/c1-11-7-5-6-8-15(11)14(4)18-16-10-9-12(2)17(19)13(16)3/h5-10,14,18-19H,1-4H3. The van der Waals surface area contributed by atoms with Crippen molar-refractivity contribution in [3.63, 3.8) is 0 Å². The van der Waals surface area contributed by atoms with Crippen molar-refractivity contribution in [2.75, 3.05) is 5.32 Å². The third kappa shape index (κ3) is 2.73. The van der Waals surface area contributed by atoms with Crippen molar-refractivity contribution in [1.29, 1.82) is 0 Å². The van der Waals surface area contributed by atoms with E-state index in [4.69, 9.17) is 0 Å². The molecule has 100 valence electrons. The van der Waals surface area contributed by atoms with Crippen molar-refractivity contribution in [2.24, 2.45) is 0 Å². The average molecular weight is 255 g/mol. The summed E-state index contributed by atoms with van der Waals surface area (Å²) in [5.74, 6) is 0.377. The molecule has 0 saturated heterocycles. The van der Waals surface area contributed by atoms with Gasteiger partial charge in [0.25, 0.3) is 0 Å². The molecule has 0 saturated carbocycles. The van der Waals surface area contributed by atoms with Crippen LogP contribution in [0.4, 0.5) is 5.69 Å². The first kappa shape index (κ1) is 13.5. The lowest BCUT2D eigenvalue weighted by molar-refractivity contribution is 0.467. The number of aryl methyl sites for hydroxylation is 2. The molecule has 0 aliphatic rings. The van der Waals surface area contributed by atoms with Crippen molar-refractivity contribution in [2.45, 2.75) is 33.7 Å². The Morgan fingerprint density at radius 1 is 0.947 bits per heavy atom. The molecule has 2 nitrogen and oxygen atoms in total. The fourth-order valence-electron chi connectivity index (χ4n) is 2.38. The number of phenolic OH excluding ortho intramolecular Hbond substituents is 1. The van der Waals surface area contributed by atoms with E-state index < -0.39 is 0 Å². The van der Waals surface area contributed by atoms with Gasteiger partial charge in [-0.25, -0.2) is 0 Å². The highest BCUT2D eigenvalue weighted by Crippen LogP contribution is 2.31. The van der Waals surface area contributed by atoms with E-state index in [0.717, 1.165) is 16.8 Å². The van der Waals surface area contributed by atoms with Crippen molar-refractivity contribution < 1.29 is 5.11 Å². The van der Waals surface area contributed by atoms with Crippen LogP contribution < -0.4 is 5.32 Å². The number of aromatic hydroxyl groups is 1. The first-order chi connectivity index (χ1) is 9.00. The summed E-state index contributed by atoms with van der Waals surface area (Å²) in [6.07, 6.45) is 0. The van der Waals surface area contributed by atoms with Crippen LogP contribution in [-0.2, 0) is 0 Å². The molecule has 0 aliphatic heterocycles. The molecule has 2 heteroatoms. The van der Waals surface area contributed by atoms with Gasteiger partial charge in [0.2, 0.25) is 0 Å². The highest BCUT2D eigenvalue weighted by molar-refractivity contribution is 5.60. The maximum absolute atomic E-state index is 9.99. The molecule has 2 N–H and O–H groups in total. The second kappa shape index (κ2) is 5.35. The van der Waals surface area contributed by atoms with Crippen molar-refractivity contribution >= 4 is 5.69 Å². The van der Waals surface area contributed by atoms with Gasteiger partial charge in [-0.3, -0.25) is 0 Å². The number of nitrogens with one attached hydrogen (secondary N) is 1. The molecule has 0 radical (unpaired) electrons. The zero-order chi connectivity index (χ0) is 14.0. The lowest BCUT2D eigenvalue weighted by atomic mass is 10.0. The predicted molar refractivity (Wildman–Crippen MR) is 80.8 cm³/mol. The van der Waals surface area contributed by atoms with Gasteiger partial charge in [0, 0.05) is 17.3 Å². The lowest BCUT2D eigenvalue weighted by Gasteiger charge is -2.20. The van der Waals surface area contributed by atoms with E-state index in [2.05, 4.69) is 43.4 Å². The Balaban J connectivity index is 2.27. The topological polar surface area (TPSA) is 32.3 Å². The minimum Gasteiger partial charge on any atom is -0.507 e. The minimum absolute atomic E-state index is 0.210. The summed E-state index contributed by atoms with van der Waals surface area (Å²) in [5.41, 5.74) is 5.35. The maximum atomic E-state index is 9.99. The second-order valence-electron chi connectivity index (χ2n) is 5.13. The van der Waals surface area contributed by atoms with Crippen LogP contribution in [0.1, 0.15) is 35.2 Å². The molecular weight excluding hydrogens is 234 g/mol. The van der Waals surface area contributed by atoms with Crippen molar-refractivity contribution in [3.05, 3.63) is 58.7 Å². The van der Waals surface area contributed by atoms with E-state index in [9.17, 15) is 5.11 Å². The number of phenols is 1. The third-order valence-electron chi connectivity index (χ3n) is 3.66. The lowest BCUT2D eigenvalue weighted by Crippen LogP contribution is -2.09. The Bertz CT molecular complexity index is 590. The van der Waals surface area contributed by atoms with Crippen LogP contribution in [-0.4, -0.2) is 5.11 Å². The molecule has 1 unspecified atom stereocenters. The van der Waals surface area contributed by atoms with E-state index in [-0.39, 0.29) is 6.04 Å². The molecule has 0 amide bonds. The summed E-state index contributed by atoms with van der Waals surface area (Å²) in [6, 6.07) is 12.5. The van der Waals surface area contributed by atoms with Gasteiger partial charge in [0.1, 0.15) is 5.75 Å². The van der Waals surface area contributed by atoms with E-state index in [1.54, 1.807) is 0 Å². The number of rotatable bonds is 3. The maximum Gasteiger partial charge on any atom is 0.123 e. The zero-order valence-electron chi connectivity index (χ0n) is 12.0. The van der Waals surface area contributed by atoms with Crippen LogP contribution in [0.3, 0.4) is 0 Å².